The third kappa shape index (κ3) is 1.07. The predicted molar refractivity (Wildman–Crippen MR) is 39.0 cm³/mol. The van der Waals surface area contributed by atoms with E-state index in [2.05, 4.69) is 5.10 Å². The highest BCUT2D eigenvalue weighted by molar-refractivity contribution is 5.10. The van der Waals surface area contributed by atoms with Crippen molar-refractivity contribution in [3.63, 3.8) is 0 Å². The second-order valence-electron chi connectivity index (χ2n) is 2.40. The standard InChI is InChI=1S/C7H10N2O/c1-5-4-9(3)8-6(2)7(5)10/h4H,1-3H3. The molecule has 0 aliphatic carbocycles. The summed E-state index contributed by atoms with van der Waals surface area (Å²) in [7, 11) is 1.80. The number of aryl methyl sites for hydroxylation is 3. The third-order valence-electron chi connectivity index (χ3n) is 1.37. The SMILES string of the molecule is Cc1cn(C)nc(C)c1=O. The first-order valence-corrected chi connectivity index (χ1v) is 3.12. The van der Waals surface area contributed by atoms with Crippen molar-refractivity contribution >= 4 is 0 Å². The van der Waals surface area contributed by atoms with Crippen molar-refractivity contribution in [3.8, 4) is 0 Å². The molecule has 0 saturated heterocycles. The summed E-state index contributed by atoms with van der Waals surface area (Å²) in [5.41, 5.74) is 1.34. The van der Waals surface area contributed by atoms with E-state index in [0.717, 1.165) is 5.56 Å². The molecule has 0 N–H and O–H groups in total. The third-order valence-corrected chi connectivity index (χ3v) is 1.37. The summed E-state index contributed by atoms with van der Waals surface area (Å²) in [4.78, 5) is 11.0. The zero-order valence-corrected chi connectivity index (χ0v) is 6.38. The van der Waals surface area contributed by atoms with Gasteiger partial charge in [-0.15, -0.1) is 0 Å². The van der Waals surface area contributed by atoms with E-state index < -0.39 is 0 Å². The van der Waals surface area contributed by atoms with Crippen molar-refractivity contribution in [1.29, 1.82) is 0 Å². The van der Waals surface area contributed by atoms with Crippen molar-refractivity contribution in [3.05, 3.63) is 27.7 Å². The molecule has 1 rings (SSSR count). The summed E-state index contributed by atoms with van der Waals surface area (Å²) in [6.45, 7) is 3.51. The molecule has 10 heavy (non-hydrogen) atoms. The summed E-state index contributed by atoms with van der Waals surface area (Å²) in [6, 6.07) is 0. The molecule has 3 heteroatoms. The van der Waals surface area contributed by atoms with E-state index in [1.165, 1.54) is 0 Å². The van der Waals surface area contributed by atoms with Crippen LogP contribution in [0, 0.1) is 13.8 Å². The van der Waals surface area contributed by atoms with Gasteiger partial charge in [-0.2, -0.15) is 5.10 Å². The molecule has 0 aromatic carbocycles. The second kappa shape index (κ2) is 2.25. The summed E-state index contributed by atoms with van der Waals surface area (Å²) >= 11 is 0. The van der Waals surface area contributed by atoms with E-state index in [-0.39, 0.29) is 5.43 Å². The molecule has 0 unspecified atom stereocenters. The maximum atomic E-state index is 11.0. The quantitative estimate of drug-likeness (QED) is 0.520. The minimum atomic E-state index is 0.0399. The largest absolute Gasteiger partial charge is 0.287 e. The van der Waals surface area contributed by atoms with Gasteiger partial charge in [0.15, 0.2) is 0 Å². The van der Waals surface area contributed by atoms with Gasteiger partial charge in [-0.3, -0.25) is 9.48 Å². The van der Waals surface area contributed by atoms with Crippen molar-refractivity contribution in [1.82, 2.24) is 9.78 Å². The molecule has 0 radical (unpaired) electrons. The Morgan fingerprint density at radius 3 is 2.60 bits per heavy atom. The molecule has 1 aromatic rings. The number of rotatable bonds is 0. The molecule has 0 bridgehead atoms. The van der Waals surface area contributed by atoms with E-state index >= 15 is 0 Å². The van der Waals surface area contributed by atoms with Crippen molar-refractivity contribution in [2.45, 2.75) is 13.8 Å². The van der Waals surface area contributed by atoms with Crippen LogP contribution in [0.15, 0.2) is 11.0 Å². The van der Waals surface area contributed by atoms with Crippen LogP contribution >= 0.6 is 0 Å². The van der Waals surface area contributed by atoms with Crippen LogP contribution in [0.4, 0.5) is 0 Å². The Hall–Kier alpha value is -1.12. The summed E-state index contributed by atoms with van der Waals surface area (Å²) in [5.74, 6) is 0. The van der Waals surface area contributed by atoms with E-state index in [1.54, 1.807) is 31.8 Å². The van der Waals surface area contributed by atoms with Crippen LogP contribution in [0.1, 0.15) is 11.3 Å². The fourth-order valence-corrected chi connectivity index (χ4v) is 0.935. The van der Waals surface area contributed by atoms with Gasteiger partial charge in [0.2, 0.25) is 5.43 Å². The minimum Gasteiger partial charge on any atom is -0.287 e. The highest BCUT2D eigenvalue weighted by Gasteiger charge is 1.97. The summed E-state index contributed by atoms with van der Waals surface area (Å²) in [6.07, 6.45) is 1.72. The topological polar surface area (TPSA) is 34.9 Å². The number of hydrogen-bond donors (Lipinski definition) is 0. The van der Waals surface area contributed by atoms with Gasteiger partial charge in [-0.25, -0.2) is 0 Å². The van der Waals surface area contributed by atoms with E-state index in [0.29, 0.717) is 5.69 Å². The normalized spacial score (nSPS) is 9.90. The molecular formula is C7H10N2O. The Bertz CT molecular complexity index is 275. The average Bonchev–Trinajstić information content (AvgIpc) is 1.82. The van der Waals surface area contributed by atoms with Crippen LogP contribution in [-0.4, -0.2) is 9.78 Å². The van der Waals surface area contributed by atoms with Crippen LogP contribution in [0.5, 0.6) is 0 Å². The van der Waals surface area contributed by atoms with Gasteiger partial charge in [0.25, 0.3) is 0 Å². The molecule has 0 fully saturated rings. The van der Waals surface area contributed by atoms with Crippen molar-refractivity contribution < 1.29 is 0 Å². The first-order valence-electron chi connectivity index (χ1n) is 3.12. The van der Waals surface area contributed by atoms with Gasteiger partial charge in [0.1, 0.15) is 5.69 Å². The number of nitrogens with zero attached hydrogens (tertiary/aromatic N) is 2. The van der Waals surface area contributed by atoms with E-state index in [4.69, 9.17) is 0 Å². The Balaban J connectivity index is 3.46. The molecule has 0 spiro atoms. The molecule has 0 amide bonds. The van der Waals surface area contributed by atoms with Crippen LogP contribution in [0.25, 0.3) is 0 Å². The lowest BCUT2D eigenvalue weighted by Crippen LogP contribution is -2.15. The lowest BCUT2D eigenvalue weighted by Gasteiger charge is -1.98. The summed E-state index contributed by atoms with van der Waals surface area (Å²) < 4.78 is 1.64. The van der Waals surface area contributed by atoms with Crippen molar-refractivity contribution in [2.75, 3.05) is 0 Å². The fraction of sp³-hybridized carbons (Fsp3) is 0.429. The molecule has 3 nitrogen and oxygen atoms in total. The molecule has 54 valence electrons. The Kier molecular flexibility index (Phi) is 1.57. The summed E-state index contributed by atoms with van der Waals surface area (Å²) in [5, 5.41) is 3.94. The smallest absolute Gasteiger partial charge is 0.205 e. The molecule has 1 heterocycles. The molecular weight excluding hydrogens is 128 g/mol. The maximum absolute atomic E-state index is 11.0. The molecule has 0 saturated carbocycles. The van der Waals surface area contributed by atoms with Crippen LogP contribution in [0.3, 0.4) is 0 Å². The molecule has 0 aliphatic heterocycles. The monoisotopic (exact) mass is 138 g/mol. The first kappa shape index (κ1) is 6.99. The van der Waals surface area contributed by atoms with Gasteiger partial charge in [0.05, 0.1) is 0 Å². The first-order chi connectivity index (χ1) is 4.61. The maximum Gasteiger partial charge on any atom is 0.205 e. The highest BCUT2D eigenvalue weighted by Crippen LogP contribution is 1.87. The van der Waals surface area contributed by atoms with Gasteiger partial charge in [-0.05, 0) is 13.8 Å². The second-order valence-corrected chi connectivity index (χ2v) is 2.40. The Morgan fingerprint density at radius 1 is 1.50 bits per heavy atom. The lowest BCUT2D eigenvalue weighted by molar-refractivity contribution is 0.710. The van der Waals surface area contributed by atoms with Crippen LogP contribution in [0.2, 0.25) is 0 Å². The molecule has 0 aliphatic rings. The number of hydrogen-bond acceptors (Lipinski definition) is 2. The van der Waals surface area contributed by atoms with Gasteiger partial charge in [0, 0.05) is 18.8 Å². The predicted octanol–water partition coefficient (Wildman–Crippen LogP) is 0.397. The van der Waals surface area contributed by atoms with Gasteiger partial charge in [-0.1, -0.05) is 0 Å². The van der Waals surface area contributed by atoms with Gasteiger partial charge < -0.3 is 0 Å². The van der Waals surface area contributed by atoms with E-state index in [9.17, 15) is 4.79 Å². The lowest BCUT2D eigenvalue weighted by atomic mass is 10.3. The molecule has 0 atom stereocenters. The zero-order valence-electron chi connectivity index (χ0n) is 6.38. The Labute approximate surface area is 59.3 Å². The minimum absolute atomic E-state index is 0.0399. The van der Waals surface area contributed by atoms with Crippen LogP contribution < -0.4 is 5.43 Å². The van der Waals surface area contributed by atoms with Crippen LogP contribution in [-0.2, 0) is 7.05 Å². The zero-order chi connectivity index (χ0) is 7.72. The Morgan fingerprint density at radius 2 is 2.10 bits per heavy atom. The van der Waals surface area contributed by atoms with Crippen molar-refractivity contribution in [2.24, 2.45) is 7.05 Å². The van der Waals surface area contributed by atoms with Gasteiger partial charge >= 0.3 is 0 Å². The number of aromatic nitrogens is 2. The van der Waals surface area contributed by atoms with E-state index in [1.807, 2.05) is 0 Å². The highest BCUT2D eigenvalue weighted by atomic mass is 16.1. The fourth-order valence-electron chi connectivity index (χ4n) is 0.935. The molecule has 1 aromatic heterocycles. The average molecular weight is 138 g/mol.